The second kappa shape index (κ2) is 23.9. The lowest BCUT2D eigenvalue weighted by Gasteiger charge is -2.61. The topological polar surface area (TPSA) is 236 Å². The summed E-state index contributed by atoms with van der Waals surface area (Å²) in [6, 6.07) is 18.7. The zero-order valence-corrected chi connectivity index (χ0v) is 48.9. The van der Waals surface area contributed by atoms with Crippen molar-refractivity contribution in [1.29, 1.82) is 0 Å². The van der Waals surface area contributed by atoms with Gasteiger partial charge in [-0.3, -0.25) is 19.2 Å². The van der Waals surface area contributed by atoms with Crippen LogP contribution in [0.1, 0.15) is 132 Å². The number of allylic oxidation sites excluding steroid dienone is 5. The lowest BCUT2D eigenvalue weighted by molar-refractivity contribution is -0.277. The van der Waals surface area contributed by atoms with Crippen molar-refractivity contribution in [3.63, 3.8) is 0 Å². The van der Waals surface area contributed by atoms with E-state index in [1.165, 1.54) is 35.2 Å². The molecule has 6 unspecified atom stereocenters. The highest BCUT2D eigenvalue weighted by Crippen LogP contribution is 2.63. The summed E-state index contributed by atoms with van der Waals surface area (Å²) >= 11 is 0. The quantitative estimate of drug-likeness (QED) is 0.0255. The molecule has 440 valence electrons. The number of Topliss-reactive ketones (excluding diaryl/α,β-unsaturated/α-hetero) is 3. The highest BCUT2D eigenvalue weighted by molar-refractivity contribution is 6.19. The van der Waals surface area contributed by atoms with Crippen molar-refractivity contribution < 1.29 is 73.2 Å². The summed E-state index contributed by atoms with van der Waals surface area (Å²) < 4.78 is 32.2. The molecule has 1 amide bonds. The zero-order chi connectivity index (χ0) is 60.0. The molecule has 4 aromatic carbocycles. The first-order chi connectivity index (χ1) is 39.3. The number of likely N-dealkylation sites (N-methyl/N-ethyl adjacent to an activating group) is 1. The van der Waals surface area contributed by atoms with E-state index >= 15 is 9.59 Å². The summed E-state index contributed by atoms with van der Waals surface area (Å²) in [7, 11) is 1.55. The SMILES string of the molecule is CC(C)=CCCC1(C)C=Cc2c(c(CC=C(C)C)c3c(c2OC(=O)c2ccc(O[C@@H]4O[C@H](CO)[C@@H](O)[C@H](O)[C@H]4O)cc2)C(=O)C2=CC4CC(C(C)C)C2(O3)C(O)(C/C=C(/C)C(=O)N(C)C(C)C(=O)CCc2cccc3ccccc23)C4=O)O1. The molecule has 5 N–H and O–H groups in total. The third kappa shape index (κ3) is 11.3. The van der Waals surface area contributed by atoms with Crippen LogP contribution in [0.2, 0.25) is 0 Å². The molecule has 1 spiro atoms. The molecule has 0 radical (unpaired) electrons. The van der Waals surface area contributed by atoms with Gasteiger partial charge in [0.05, 0.1) is 23.8 Å². The zero-order valence-electron chi connectivity index (χ0n) is 48.9. The van der Waals surface area contributed by atoms with Gasteiger partial charge in [-0.25, -0.2) is 4.79 Å². The maximum Gasteiger partial charge on any atom is 0.343 e. The van der Waals surface area contributed by atoms with Crippen molar-refractivity contribution in [2.45, 2.75) is 161 Å². The van der Waals surface area contributed by atoms with Crippen molar-refractivity contribution in [2.75, 3.05) is 13.7 Å². The van der Waals surface area contributed by atoms with Gasteiger partial charge in [0.1, 0.15) is 52.8 Å². The smallest absolute Gasteiger partial charge is 0.343 e. The molecule has 16 heteroatoms. The standard InChI is InChI=1S/C67H77NO15/c1-36(2)15-14-30-65(9)31-29-48-58(82-65)47(26-20-37(3)4)60-53(59(48)81-63(77)43-21-24-45(25-22-43)79-64-57(74)56(73)55(72)52(35-69)80-64)54(71)50-34-44-33-49(38(5)6)67(50,83-60)66(78,61(44)75)32-28-39(7)62(76)68(10)40(8)51(70)27-23-42-18-13-17-41-16-11-12-19-46(41)42/h11-13,15-22,24-25,28-29,31,34,38,40,44,49,52,55-57,64,69,72-74,78H,14,23,26-27,30,32-33,35H2,1-10H3/b39-28-/t40?,44?,49?,52-,55-,56+,57-,64-,65?,66?,67?/m1/s1. The van der Waals surface area contributed by atoms with Gasteiger partial charge in [0, 0.05) is 48.4 Å². The van der Waals surface area contributed by atoms with Crippen LogP contribution < -0.4 is 18.9 Å². The van der Waals surface area contributed by atoms with Gasteiger partial charge in [-0.05, 0) is 139 Å². The number of amides is 1. The fourth-order valence-electron chi connectivity index (χ4n) is 12.4. The first-order valence-electron chi connectivity index (χ1n) is 28.7. The highest BCUT2D eigenvalue weighted by Gasteiger charge is 2.73. The molecule has 16 nitrogen and oxygen atoms in total. The maximum atomic E-state index is 16.0. The molecule has 11 atom stereocenters. The predicted molar refractivity (Wildman–Crippen MR) is 312 cm³/mol. The number of benzene rings is 4. The van der Waals surface area contributed by atoms with Crippen molar-refractivity contribution in [2.24, 2.45) is 17.8 Å². The van der Waals surface area contributed by atoms with Gasteiger partial charge in [0.25, 0.3) is 0 Å². The van der Waals surface area contributed by atoms with E-state index in [9.17, 15) is 39.9 Å². The lowest BCUT2D eigenvalue weighted by atomic mass is 9.49. The second-order valence-corrected chi connectivity index (χ2v) is 24.0. The third-order valence-electron chi connectivity index (χ3n) is 17.3. The number of hydrogen-bond donors (Lipinski definition) is 5. The molecular formula is C67H77NO15. The first kappa shape index (κ1) is 60.5. The Hall–Kier alpha value is -7.05. The van der Waals surface area contributed by atoms with Crippen molar-refractivity contribution in [3.8, 4) is 23.0 Å². The molecule has 1 saturated heterocycles. The molecule has 6 aliphatic rings. The Morgan fingerprint density at radius 3 is 2.24 bits per heavy atom. The van der Waals surface area contributed by atoms with Crippen LogP contribution >= 0.6 is 0 Å². The van der Waals surface area contributed by atoms with Crippen LogP contribution in [0.5, 0.6) is 23.0 Å². The summed E-state index contributed by atoms with van der Waals surface area (Å²) in [5, 5.41) is 56.6. The number of fused-ring (bicyclic) bond motifs is 5. The maximum absolute atomic E-state index is 16.0. The Labute approximate surface area is 484 Å². The molecule has 10 rings (SSSR count). The van der Waals surface area contributed by atoms with Gasteiger partial charge < -0.3 is 54.1 Å². The molecular weight excluding hydrogens is 1060 g/mol. The average Bonchev–Trinajstić information content (AvgIpc) is 1.09. The van der Waals surface area contributed by atoms with Crippen LogP contribution in [0, 0.1) is 17.8 Å². The number of ether oxygens (including phenoxy) is 5. The number of hydrogen-bond acceptors (Lipinski definition) is 15. The minimum atomic E-state index is -2.41. The summed E-state index contributed by atoms with van der Waals surface area (Å²) in [6.45, 7) is 16.3. The monoisotopic (exact) mass is 1140 g/mol. The number of ketones is 3. The van der Waals surface area contributed by atoms with Crippen LogP contribution in [0.25, 0.3) is 16.8 Å². The average molecular weight is 1140 g/mol. The predicted octanol–water partition coefficient (Wildman–Crippen LogP) is 8.89. The molecule has 3 heterocycles. The summed E-state index contributed by atoms with van der Waals surface area (Å²) in [6.07, 6.45) is 5.00. The van der Waals surface area contributed by atoms with Gasteiger partial charge in [0.2, 0.25) is 12.2 Å². The molecule has 3 aliphatic carbocycles. The molecule has 2 bridgehead atoms. The summed E-state index contributed by atoms with van der Waals surface area (Å²) in [5.74, 6) is -4.37. The van der Waals surface area contributed by atoms with E-state index in [2.05, 4.69) is 6.08 Å². The van der Waals surface area contributed by atoms with E-state index < -0.39 is 102 Å². The van der Waals surface area contributed by atoms with E-state index in [-0.39, 0.29) is 76.2 Å². The van der Waals surface area contributed by atoms with Crippen LogP contribution in [0.4, 0.5) is 0 Å². The highest BCUT2D eigenvalue weighted by atomic mass is 16.7. The van der Waals surface area contributed by atoms with E-state index in [4.69, 9.17) is 23.7 Å². The van der Waals surface area contributed by atoms with E-state index in [1.807, 2.05) is 103 Å². The van der Waals surface area contributed by atoms with E-state index in [0.29, 0.717) is 30.4 Å². The molecule has 2 fully saturated rings. The molecule has 1 saturated carbocycles. The van der Waals surface area contributed by atoms with Crippen molar-refractivity contribution in [3.05, 3.63) is 147 Å². The van der Waals surface area contributed by atoms with Crippen molar-refractivity contribution in [1.82, 2.24) is 4.90 Å². The van der Waals surface area contributed by atoms with Crippen LogP contribution in [0.3, 0.4) is 0 Å². The lowest BCUT2D eigenvalue weighted by Crippen LogP contribution is -2.75. The van der Waals surface area contributed by atoms with Gasteiger partial charge in [-0.1, -0.05) is 91.8 Å². The Bertz CT molecular complexity index is 3370. The fraction of sp³-hybridized carbons (Fsp3) is 0.448. The number of esters is 1. The van der Waals surface area contributed by atoms with E-state index in [1.54, 1.807) is 33.0 Å². The molecule has 4 aromatic rings. The molecule has 83 heavy (non-hydrogen) atoms. The van der Waals surface area contributed by atoms with Crippen LogP contribution in [-0.4, -0.2) is 127 Å². The van der Waals surface area contributed by atoms with Gasteiger partial charge in [0.15, 0.2) is 34.3 Å². The van der Waals surface area contributed by atoms with Crippen LogP contribution in [-0.2, 0) is 32.0 Å². The Morgan fingerprint density at radius 1 is 0.855 bits per heavy atom. The molecule has 3 aliphatic heterocycles. The van der Waals surface area contributed by atoms with E-state index in [0.717, 1.165) is 27.5 Å². The number of rotatable bonds is 19. The van der Waals surface area contributed by atoms with Crippen molar-refractivity contribution >= 4 is 46.1 Å². The minimum absolute atomic E-state index is 0.00740. The van der Waals surface area contributed by atoms with Gasteiger partial charge in [-0.2, -0.15) is 0 Å². The second-order valence-electron chi connectivity index (χ2n) is 24.0. The minimum Gasteiger partial charge on any atom is -0.482 e. The largest absolute Gasteiger partial charge is 0.482 e. The Balaban J connectivity index is 1.09. The number of carbonyl (C=O) groups is 5. The van der Waals surface area contributed by atoms with Gasteiger partial charge in [-0.15, -0.1) is 0 Å². The Morgan fingerprint density at radius 2 is 1.55 bits per heavy atom. The van der Waals surface area contributed by atoms with Crippen LogP contribution in [0.15, 0.2) is 119 Å². The third-order valence-corrected chi connectivity index (χ3v) is 17.3. The summed E-state index contributed by atoms with van der Waals surface area (Å²) in [5.41, 5.74) is -1.44. The number of carbonyl (C=O) groups excluding carboxylic acids is 5. The Kier molecular flexibility index (Phi) is 17.4. The molecule has 0 aromatic heterocycles. The number of aliphatic hydroxyl groups excluding tert-OH is 4. The first-order valence-corrected chi connectivity index (χ1v) is 28.7. The summed E-state index contributed by atoms with van der Waals surface area (Å²) in [4.78, 5) is 75.1. The number of nitrogens with zero attached hydrogens (tertiary/aromatic N) is 1. The fourth-order valence-corrected chi connectivity index (χ4v) is 12.4. The number of aryl methyl sites for hydroxylation is 1. The number of aliphatic hydroxyl groups is 5. The normalized spacial score (nSPS) is 27.3. The van der Waals surface area contributed by atoms with Gasteiger partial charge >= 0.3 is 5.97 Å².